The van der Waals surface area contributed by atoms with Crippen LogP contribution in [0.4, 0.5) is 0 Å². The van der Waals surface area contributed by atoms with E-state index in [0.29, 0.717) is 11.8 Å². The van der Waals surface area contributed by atoms with E-state index in [-0.39, 0.29) is 17.6 Å². The van der Waals surface area contributed by atoms with Gasteiger partial charge in [-0.1, -0.05) is 18.9 Å². The summed E-state index contributed by atoms with van der Waals surface area (Å²) in [5.74, 6) is 0.971. The van der Waals surface area contributed by atoms with E-state index in [1.807, 2.05) is 18.2 Å². The van der Waals surface area contributed by atoms with Crippen molar-refractivity contribution < 1.29 is 17.3 Å². The van der Waals surface area contributed by atoms with Gasteiger partial charge in [0.1, 0.15) is 0 Å². The molecule has 2 heterocycles. The van der Waals surface area contributed by atoms with Crippen molar-refractivity contribution >= 4 is 10.1 Å². The van der Waals surface area contributed by atoms with Crippen LogP contribution in [0.1, 0.15) is 44.2 Å². The second-order valence-electron chi connectivity index (χ2n) is 7.82. The molecule has 3 aliphatic rings. The summed E-state index contributed by atoms with van der Waals surface area (Å²) in [6.07, 6.45) is 9.46. The monoisotopic (exact) mass is 351 g/mol. The van der Waals surface area contributed by atoms with E-state index < -0.39 is 10.1 Å². The Bertz CT molecular complexity index is 699. The quantitative estimate of drug-likeness (QED) is 0.780. The highest BCUT2D eigenvalue weighted by Gasteiger charge is 2.59. The lowest BCUT2D eigenvalue weighted by molar-refractivity contribution is -0.0239. The molecule has 0 N–H and O–H groups in total. The summed E-state index contributed by atoms with van der Waals surface area (Å²) in [5, 5.41) is 0. The molecule has 0 amide bonds. The molecule has 2 aliphatic carbocycles. The van der Waals surface area contributed by atoms with Gasteiger partial charge in [-0.05, 0) is 49.7 Å². The number of hydrogen-bond donors (Lipinski definition) is 0. The van der Waals surface area contributed by atoms with E-state index in [9.17, 15) is 8.42 Å². The summed E-state index contributed by atoms with van der Waals surface area (Å²) in [5.41, 5.74) is 0.655. The number of aromatic nitrogens is 1. The van der Waals surface area contributed by atoms with Crippen molar-refractivity contribution in [2.75, 3.05) is 19.5 Å². The minimum atomic E-state index is -3.47. The van der Waals surface area contributed by atoms with Crippen LogP contribution in [0.15, 0.2) is 24.4 Å². The van der Waals surface area contributed by atoms with Gasteiger partial charge in [-0.25, -0.2) is 0 Å². The molecule has 4 rings (SSSR count). The second-order valence-corrected chi connectivity index (χ2v) is 9.46. The first kappa shape index (κ1) is 16.5. The number of nitrogens with zero attached hydrogens (tertiary/aromatic N) is 1. The summed E-state index contributed by atoms with van der Waals surface area (Å²) in [6.45, 7) is 0.976. The Morgan fingerprint density at radius 3 is 2.75 bits per heavy atom. The van der Waals surface area contributed by atoms with Crippen molar-refractivity contribution in [3.8, 4) is 0 Å². The molecule has 0 bridgehead atoms. The van der Waals surface area contributed by atoms with Crippen molar-refractivity contribution in [3.05, 3.63) is 30.1 Å². The van der Waals surface area contributed by atoms with Crippen LogP contribution in [-0.2, 0) is 24.5 Å². The first-order valence-electron chi connectivity index (χ1n) is 8.82. The van der Waals surface area contributed by atoms with Crippen LogP contribution in [0.5, 0.6) is 0 Å². The highest BCUT2D eigenvalue weighted by molar-refractivity contribution is 7.85. The van der Waals surface area contributed by atoms with E-state index in [2.05, 4.69) is 4.98 Å². The number of pyridine rings is 1. The number of hydrogen-bond acceptors (Lipinski definition) is 5. The molecule has 6 heteroatoms. The van der Waals surface area contributed by atoms with E-state index in [1.54, 1.807) is 6.20 Å². The topological polar surface area (TPSA) is 65.5 Å². The van der Waals surface area contributed by atoms with Gasteiger partial charge >= 0.3 is 0 Å². The molecular formula is C18H25NO4S. The normalized spacial score (nSPS) is 34.7. The predicted octanol–water partition coefficient (Wildman–Crippen LogP) is 2.66. The van der Waals surface area contributed by atoms with E-state index in [4.69, 9.17) is 8.92 Å². The minimum absolute atomic E-state index is 0.0201. The largest absolute Gasteiger partial charge is 0.374 e. The van der Waals surface area contributed by atoms with E-state index in [1.165, 1.54) is 12.8 Å². The fourth-order valence-corrected chi connectivity index (χ4v) is 5.71. The molecule has 1 aromatic heterocycles. The van der Waals surface area contributed by atoms with Gasteiger partial charge in [-0.2, -0.15) is 8.42 Å². The van der Waals surface area contributed by atoms with Crippen molar-refractivity contribution in [2.45, 2.75) is 49.5 Å². The third kappa shape index (κ3) is 2.78. The molecule has 3 atom stereocenters. The van der Waals surface area contributed by atoms with Crippen LogP contribution >= 0.6 is 0 Å². The smallest absolute Gasteiger partial charge is 0.264 e. The van der Waals surface area contributed by atoms with E-state index in [0.717, 1.165) is 44.2 Å². The number of rotatable bonds is 4. The highest BCUT2D eigenvalue weighted by Crippen LogP contribution is 2.59. The molecule has 3 fully saturated rings. The molecular weight excluding hydrogens is 326 g/mol. The summed E-state index contributed by atoms with van der Waals surface area (Å²) >= 11 is 0. The van der Waals surface area contributed by atoms with Gasteiger partial charge in [0.05, 0.1) is 25.1 Å². The number of ether oxygens (including phenoxy) is 1. The molecule has 24 heavy (non-hydrogen) atoms. The van der Waals surface area contributed by atoms with Crippen LogP contribution in [0.3, 0.4) is 0 Å². The molecule has 132 valence electrons. The Labute approximate surface area is 143 Å². The van der Waals surface area contributed by atoms with Crippen molar-refractivity contribution in [3.63, 3.8) is 0 Å². The van der Waals surface area contributed by atoms with Gasteiger partial charge in [-0.15, -0.1) is 0 Å². The Balaban J connectivity index is 1.66. The predicted molar refractivity (Wildman–Crippen MR) is 90.1 cm³/mol. The zero-order chi connectivity index (χ0) is 16.8. The van der Waals surface area contributed by atoms with Gasteiger partial charge in [0, 0.05) is 17.3 Å². The summed E-state index contributed by atoms with van der Waals surface area (Å²) < 4.78 is 34.7. The maximum Gasteiger partial charge on any atom is 0.264 e. The molecule has 1 saturated heterocycles. The van der Waals surface area contributed by atoms with Gasteiger partial charge in [0.25, 0.3) is 10.1 Å². The molecule has 1 aromatic rings. The van der Waals surface area contributed by atoms with Crippen molar-refractivity contribution in [1.29, 1.82) is 0 Å². The highest BCUT2D eigenvalue weighted by atomic mass is 32.2. The summed E-state index contributed by atoms with van der Waals surface area (Å²) in [6, 6.07) is 5.88. The first-order valence-corrected chi connectivity index (χ1v) is 10.6. The first-order chi connectivity index (χ1) is 11.4. The average Bonchev–Trinajstić information content (AvgIpc) is 3.24. The van der Waals surface area contributed by atoms with Crippen LogP contribution < -0.4 is 0 Å². The van der Waals surface area contributed by atoms with Crippen LogP contribution in [0.2, 0.25) is 0 Å². The molecule has 0 aromatic carbocycles. The third-order valence-corrected chi connectivity index (χ3v) is 6.85. The Hall–Kier alpha value is -0.980. The van der Waals surface area contributed by atoms with Gasteiger partial charge in [0.2, 0.25) is 0 Å². The maximum absolute atomic E-state index is 11.6. The van der Waals surface area contributed by atoms with E-state index >= 15 is 0 Å². The fourth-order valence-electron chi connectivity index (χ4n) is 5.27. The van der Waals surface area contributed by atoms with Gasteiger partial charge in [-0.3, -0.25) is 9.17 Å². The lowest BCUT2D eigenvalue weighted by Crippen LogP contribution is -2.37. The van der Waals surface area contributed by atoms with Crippen molar-refractivity contribution in [2.24, 2.45) is 11.8 Å². The molecule has 0 radical (unpaired) electrons. The summed E-state index contributed by atoms with van der Waals surface area (Å²) in [7, 11) is -3.47. The zero-order valence-corrected chi connectivity index (χ0v) is 14.9. The second kappa shape index (κ2) is 5.78. The summed E-state index contributed by atoms with van der Waals surface area (Å²) in [4.78, 5) is 4.56. The molecule has 1 spiro atoms. The average molecular weight is 351 g/mol. The SMILES string of the molecule is CS(=O)(=O)OCC1(c2ccccn2)CC2COC3(CCCC3)C2C1. The standard InChI is InChI=1S/C18H25NO4S/c1-24(20,21)23-13-17(16-6-2-5-9-19-16)10-14-12-22-18(15(14)11-17)7-3-4-8-18/h2,5-6,9,14-15H,3-4,7-8,10-13H2,1H3. The third-order valence-electron chi connectivity index (χ3n) is 6.30. The maximum atomic E-state index is 11.6. The fraction of sp³-hybridized carbons (Fsp3) is 0.722. The Morgan fingerprint density at radius 2 is 2.08 bits per heavy atom. The molecule has 1 aliphatic heterocycles. The lowest BCUT2D eigenvalue weighted by atomic mass is 9.78. The van der Waals surface area contributed by atoms with Gasteiger partial charge < -0.3 is 4.74 Å². The van der Waals surface area contributed by atoms with Gasteiger partial charge in [0.15, 0.2) is 0 Å². The molecule has 2 saturated carbocycles. The lowest BCUT2D eigenvalue weighted by Gasteiger charge is -2.34. The Kier molecular flexibility index (Phi) is 3.97. The molecule has 5 nitrogen and oxygen atoms in total. The molecule has 3 unspecified atom stereocenters. The van der Waals surface area contributed by atoms with Crippen LogP contribution in [0, 0.1) is 11.8 Å². The van der Waals surface area contributed by atoms with Crippen LogP contribution in [0.25, 0.3) is 0 Å². The van der Waals surface area contributed by atoms with Crippen molar-refractivity contribution in [1.82, 2.24) is 4.98 Å². The van der Waals surface area contributed by atoms with Crippen LogP contribution in [-0.4, -0.2) is 38.5 Å². The zero-order valence-electron chi connectivity index (χ0n) is 14.1. The minimum Gasteiger partial charge on any atom is -0.374 e. The Morgan fingerprint density at radius 1 is 1.29 bits per heavy atom. The number of fused-ring (bicyclic) bond motifs is 2.